The van der Waals surface area contributed by atoms with Crippen LogP contribution in [0.25, 0.3) is 0 Å². The monoisotopic (exact) mass is 312 g/mol. The number of rotatable bonds is 3. The number of primary amides is 1. The molecule has 5 nitrogen and oxygen atoms in total. The molecule has 2 amide bonds. The molecule has 1 aliphatic heterocycles. The van der Waals surface area contributed by atoms with Crippen LogP contribution < -0.4 is 10.6 Å². The Bertz CT molecular complexity index is 504. The van der Waals surface area contributed by atoms with Gasteiger partial charge in [-0.05, 0) is 30.2 Å². The maximum Gasteiger partial charge on any atom is 0.239 e. The van der Waals surface area contributed by atoms with Crippen LogP contribution in [0.1, 0.15) is 5.56 Å². The fourth-order valence-corrected chi connectivity index (χ4v) is 2.56. The third-order valence-electron chi connectivity index (χ3n) is 2.99. The molecule has 6 heteroatoms. The summed E-state index contributed by atoms with van der Waals surface area (Å²) >= 11 is 3.35. The van der Waals surface area contributed by atoms with Gasteiger partial charge < -0.3 is 15.7 Å². The summed E-state index contributed by atoms with van der Waals surface area (Å²) in [5.74, 6) is -1.82. The number of nitrogens with zero attached hydrogens (tertiary/aromatic N) is 1. The summed E-state index contributed by atoms with van der Waals surface area (Å²) in [4.78, 5) is 24.8. The highest BCUT2D eigenvalue weighted by atomic mass is 79.9. The van der Waals surface area contributed by atoms with Crippen LogP contribution in [0.2, 0.25) is 0 Å². The summed E-state index contributed by atoms with van der Waals surface area (Å²) in [7, 11) is 0. The Kier molecular flexibility index (Phi) is 3.68. The summed E-state index contributed by atoms with van der Waals surface area (Å²) in [6.07, 6.45) is 0.310. The van der Waals surface area contributed by atoms with Gasteiger partial charge in [-0.15, -0.1) is 0 Å². The Balaban J connectivity index is 2.46. The Morgan fingerprint density at radius 3 is 2.89 bits per heavy atom. The van der Waals surface area contributed by atoms with Gasteiger partial charge >= 0.3 is 0 Å². The molecule has 0 bridgehead atoms. The molecule has 3 N–H and O–H groups in total. The molecule has 1 unspecified atom stereocenters. The fraction of sp³-hybridized carbons (Fsp3) is 0.333. The first-order valence-electron chi connectivity index (χ1n) is 5.54. The summed E-state index contributed by atoms with van der Waals surface area (Å²) in [6, 6.07) is 5.48. The quantitative estimate of drug-likeness (QED) is 0.794. The third kappa shape index (κ3) is 2.26. The molecule has 0 spiro atoms. The summed E-state index contributed by atoms with van der Waals surface area (Å²) in [5, 5.41) is 9.02. The van der Waals surface area contributed by atoms with E-state index in [9.17, 15) is 9.59 Å². The van der Waals surface area contributed by atoms with Crippen molar-refractivity contribution in [1.82, 2.24) is 0 Å². The third-order valence-corrected chi connectivity index (χ3v) is 3.48. The number of benzene rings is 1. The zero-order valence-corrected chi connectivity index (χ0v) is 11.2. The van der Waals surface area contributed by atoms with Gasteiger partial charge in [0.05, 0.1) is 6.61 Å². The molecule has 96 valence electrons. The number of β-amino-alcohol motifs (C(OH)–C–C–N with tert-alkyl or cyclic N) is 1. The lowest BCUT2D eigenvalue weighted by Crippen LogP contribution is -2.47. The minimum absolute atomic E-state index is 0.160. The molecule has 0 saturated heterocycles. The Morgan fingerprint density at radius 2 is 2.28 bits per heavy atom. The second-order valence-electron chi connectivity index (χ2n) is 4.15. The van der Waals surface area contributed by atoms with Crippen molar-refractivity contribution in [2.75, 3.05) is 18.1 Å². The van der Waals surface area contributed by atoms with Gasteiger partial charge in [-0.25, -0.2) is 0 Å². The Hall–Kier alpha value is -1.40. The smallest absolute Gasteiger partial charge is 0.239 e. The van der Waals surface area contributed by atoms with E-state index in [4.69, 9.17) is 10.8 Å². The van der Waals surface area contributed by atoms with E-state index in [1.165, 1.54) is 4.90 Å². The number of carbonyl (C=O) groups is 2. The van der Waals surface area contributed by atoms with Crippen molar-refractivity contribution < 1.29 is 14.7 Å². The Labute approximate surface area is 113 Å². The lowest BCUT2D eigenvalue weighted by atomic mass is 9.91. The van der Waals surface area contributed by atoms with E-state index in [2.05, 4.69) is 15.9 Å². The number of nitrogens with two attached hydrogens (primary N) is 1. The highest BCUT2D eigenvalue weighted by molar-refractivity contribution is 9.10. The van der Waals surface area contributed by atoms with Gasteiger partial charge in [0.15, 0.2) is 0 Å². The standard InChI is InChI=1S/C12H13BrN2O3/c13-8-1-2-10-7(5-8)6-9(11(14)17)12(18)15(10)3-4-16/h1-2,5,9,16H,3-4,6H2,(H2,14,17). The molecular formula is C12H13BrN2O3. The van der Waals surface area contributed by atoms with Crippen LogP contribution in [0.4, 0.5) is 5.69 Å². The average molecular weight is 313 g/mol. The van der Waals surface area contributed by atoms with Gasteiger partial charge in [0.25, 0.3) is 0 Å². The number of aliphatic hydroxyl groups excluding tert-OH is 1. The van der Waals surface area contributed by atoms with Gasteiger partial charge in [-0.3, -0.25) is 9.59 Å². The second kappa shape index (κ2) is 5.07. The van der Waals surface area contributed by atoms with Crippen molar-refractivity contribution in [3.63, 3.8) is 0 Å². The van der Waals surface area contributed by atoms with Crippen LogP contribution in [0.15, 0.2) is 22.7 Å². The van der Waals surface area contributed by atoms with E-state index in [-0.39, 0.29) is 19.1 Å². The molecule has 0 fully saturated rings. The number of fused-ring (bicyclic) bond motifs is 1. The highest BCUT2D eigenvalue weighted by Crippen LogP contribution is 2.32. The molecule has 18 heavy (non-hydrogen) atoms. The summed E-state index contributed by atoms with van der Waals surface area (Å²) in [6.45, 7) is 0.00394. The number of amides is 2. The number of hydrogen-bond donors (Lipinski definition) is 2. The van der Waals surface area contributed by atoms with Crippen molar-refractivity contribution in [1.29, 1.82) is 0 Å². The van der Waals surface area contributed by atoms with Gasteiger partial charge in [-0.2, -0.15) is 0 Å². The zero-order chi connectivity index (χ0) is 13.3. The summed E-state index contributed by atoms with van der Waals surface area (Å²) < 4.78 is 0.878. The van der Waals surface area contributed by atoms with Crippen molar-refractivity contribution >= 4 is 33.4 Å². The van der Waals surface area contributed by atoms with E-state index < -0.39 is 11.8 Å². The first-order valence-corrected chi connectivity index (χ1v) is 6.34. The Morgan fingerprint density at radius 1 is 1.56 bits per heavy atom. The molecule has 0 aromatic heterocycles. The number of hydrogen-bond acceptors (Lipinski definition) is 3. The van der Waals surface area contributed by atoms with E-state index in [0.717, 1.165) is 15.7 Å². The van der Waals surface area contributed by atoms with Crippen molar-refractivity contribution in [3.8, 4) is 0 Å². The predicted octanol–water partition coefficient (Wildman–Crippen LogP) is 0.432. The molecule has 0 radical (unpaired) electrons. The molecule has 0 saturated carbocycles. The van der Waals surface area contributed by atoms with Crippen LogP contribution in [-0.4, -0.2) is 30.1 Å². The lowest BCUT2D eigenvalue weighted by molar-refractivity contribution is -0.132. The highest BCUT2D eigenvalue weighted by Gasteiger charge is 2.35. The maximum absolute atomic E-state index is 12.1. The van der Waals surface area contributed by atoms with Crippen molar-refractivity contribution in [2.45, 2.75) is 6.42 Å². The first kappa shape index (κ1) is 13.0. The van der Waals surface area contributed by atoms with Crippen LogP contribution in [0, 0.1) is 5.92 Å². The molecule has 1 aromatic rings. The average Bonchev–Trinajstić information content (AvgIpc) is 2.32. The lowest BCUT2D eigenvalue weighted by Gasteiger charge is -2.32. The number of carbonyl (C=O) groups excluding carboxylic acids is 2. The first-order chi connectivity index (χ1) is 8.54. The number of aliphatic hydroxyl groups is 1. The van der Waals surface area contributed by atoms with E-state index in [0.29, 0.717) is 6.42 Å². The predicted molar refractivity (Wildman–Crippen MR) is 70.0 cm³/mol. The zero-order valence-electron chi connectivity index (χ0n) is 9.60. The molecule has 1 aromatic carbocycles. The van der Waals surface area contributed by atoms with Crippen LogP contribution in [-0.2, 0) is 16.0 Å². The van der Waals surface area contributed by atoms with E-state index >= 15 is 0 Å². The molecule has 0 aliphatic carbocycles. The van der Waals surface area contributed by atoms with E-state index in [1.807, 2.05) is 12.1 Å². The van der Waals surface area contributed by atoms with Crippen LogP contribution >= 0.6 is 15.9 Å². The number of halogens is 1. The van der Waals surface area contributed by atoms with E-state index in [1.54, 1.807) is 6.07 Å². The second-order valence-corrected chi connectivity index (χ2v) is 5.06. The SMILES string of the molecule is NC(=O)C1Cc2cc(Br)ccc2N(CCO)C1=O. The van der Waals surface area contributed by atoms with Gasteiger partial charge in [0, 0.05) is 16.7 Å². The maximum atomic E-state index is 12.1. The molecule has 2 rings (SSSR count). The van der Waals surface area contributed by atoms with Crippen LogP contribution in [0.5, 0.6) is 0 Å². The summed E-state index contributed by atoms with van der Waals surface area (Å²) in [5.41, 5.74) is 6.86. The molecular weight excluding hydrogens is 300 g/mol. The molecule has 1 atom stereocenters. The molecule has 1 heterocycles. The largest absolute Gasteiger partial charge is 0.395 e. The number of anilines is 1. The minimum atomic E-state index is -0.849. The topological polar surface area (TPSA) is 83.6 Å². The van der Waals surface area contributed by atoms with Gasteiger partial charge in [0.1, 0.15) is 5.92 Å². The van der Waals surface area contributed by atoms with Crippen LogP contribution in [0.3, 0.4) is 0 Å². The van der Waals surface area contributed by atoms with Crippen molar-refractivity contribution in [3.05, 3.63) is 28.2 Å². The van der Waals surface area contributed by atoms with Gasteiger partial charge in [0.2, 0.25) is 11.8 Å². The molecule has 1 aliphatic rings. The minimum Gasteiger partial charge on any atom is -0.395 e. The normalized spacial score (nSPS) is 18.7. The van der Waals surface area contributed by atoms with Gasteiger partial charge in [-0.1, -0.05) is 15.9 Å². The fourth-order valence-electron chi connectivity index (χ4n) is 2.15. The van der Waals surface area contributed by atoms with Crippen molar-refractivity contribution in [2.24, 2.45) is 11.7 Å².